The van der Waals surface area contributed by atoms with E-state index in [0.29, 0.717) is 0 Å². The highest BCUT2D eigenvalue weighted by Gasteiger charge is 2.05. The Morgan fingerprint density at radius 2 is 0.944 bits per heavy atom. The van der Waals surface area contributed by atoms with E-state index in [1.165, 1.54) is 89.9 Å². The summed E-state index contributed by atoms with van der Waals surface area (Å²) < 4.78 is 0. The van der Waals surface area contributed by atoms with Gasteiger partial charge in [-0.25, -0.2) is 0 Å². The number of hydrogen-bond acceptors (Lipinski definition) is 0. The van der Waals surface area contributed by atoms with E-state index in [1.807, 2.05) is 5.92 Å². The smallest absolute Gasteiger partial charge is 0.0244 e. The van der Waals surface area contributed by atoms with E-state index in [9.17, 15) is 0 Å². The summed E-state index contributed by atoms with van der Waals surface area (Å²) in [5, 5.41) is 0. The highest BCUT2D eigenvalue weighted by molar-refractivity contribution is 4.87. The first kappa shape index (κ1) is 18.0. The summed E-state index contributed by atoms with van der Waals surface area (Å²) in [6, 6.07) is 0. The van der Waals surface area contributed by atoms with Gasteiger partial charge in [-0.3, -0.25) is 0 Å². The summed E-state index contributed by atoms with van der Waals surface area (Å²) in [6.45, 7) is 6.92. The first-order valence-electron chi connectivity index (χ1n) is 8.68. The van der Waals surface area contributed by atoms with Crippen LogP contribution < -0.4 is 0 Å². The van der Waals surface area contributed by atoms with Gasteiger partial charge in [-0.05, 0) is 25.2 Å². The average molecular weight is 253 g/mol. The van der Waals surface area contributed by atoms with Gasteiger partial charge in [0.2, 0.25) is 0 Å². The van der Waals surface area contributed by atoms with Gasteiger partial charge in [0.25, 0.3) is 0 Å². The lowest BCUT2D eigenvalue weighted by molar-refractivity contribution is 0.542. The molecule has 1 radical (unpaired) electrons. The minimum absolute atomic E-state index is 1.32. The fourth-order valence-electron chi connectivity index (χ4n) is 2.59. The zero-order valence-electron chi connectivity index (χ0n) is 13.4. The van der Waals surface area contributed by atoms with Crippen LogP contribution in [-0.2, 0) is 0 Å². The summed E-state index contributed by atoms with van der Waals surface area (Å²) in [4.78, 5) is 0. The molecule has 0 unspecified atom stereocenters. The van der Waals surface area contributed by atoms with Crippen LogP contribution in [0.5, 0.6) is 0 Å². The van der Waals surface area contributed by atoms with Crippen molar-refractivity contribution in [2.24, 2.45) is 0 Å². The summed E-state index contributed by atoms with van der Waals surface area (Å²) in [6.07, 6.45) is 19.9. The number of unbranched alkanes of at least 4 members (excludes halogenated alkanes) is 9. The van der Waals surface area contributed by atoms with E-state index in [4.69, 9.17) is 0 Å². The van der Waals surface area contributed by atoms with Crippen molar-refractivity contribution < 1.29 is 0 Å². The summed E-state index contributed by atoms with van der Waals surface area (Å²) >= 11 is 0. The van der Waals surface area contributed by atoms with E-state index in [0.717, 1.165) is 0 Å². The van der Waals surface area contributed by atoms with E-state index >= 15 is 0 Å². The third kappa shape index (κ3) is 12.5. The molecule has 0 fully saturated rings. The highest BCUT2D eigenvalue weighted by atomic mass is 14.1. The monoisotopic (exact) mass is 253 g/mol. The molecule has 109 valence electrons. The van der Waals surface area contributed by atoms with Gasteiger partial charge in [0.15, 0.2) is 0 Å². The Balaban J connectivity index is 3.17. The fraction of sp³-hybridized carbons (Fsp3) is 0.944. The predicted molar refractivity (Wildman–Crippen MR) is 84.9 cm³/mol. The van der Waals surface area contributed by atoms with Crippen molar-refractivity contribution in [1.29, 1.82) is 0 Å². The molecule has 18 heavy (non-hydrogen) atoms. The molecule has 0 aromatic carbocycles. The maximum atomic E-state index is 2.33. The Morgan fingerprint density at radius 1 is 0.500 bits per heavy atom. The fourth-order valence-corrected chi connectivity index (χ4v) is 2.59. The third-order valence-electron chi connectivity index (χ3n) is 4.02. The number of hydrogen-bond donors (Lipinski definition) is 0. The van der Waals surface area contributed by atoms with Crippen molar-refractivity contribution >= 4 is 0 Å². The molecule has 0 heteroatoms. The van der Waals surface area contributed by atoms with Crippen LogP contribution in [0, 0.1) is 5.92 Å². The quantitative estimate of drug-likeness (QED) is 0.290. The molecular formula is C18H37. The Hall–Kier alpha value is 0. The molecule has 0 aromatic heterocycles. The van der Waals surface area contributed by atoms with Crippen molar-refractivity contribution in [2.75, 3.05) is 0 Å². The average Bonchev–Trinajstić information content (AvgIpc) is 2.40. The molecule has 0 heterocycles. The molecule has 0 atom stereocenters. The summed E-state index contributed by atoms with van der Waals surface area (Å²) in [7, 11) is 0. The van der Waals surface area contributed by atoms with E-state index in [-0.39, 0.29) is 0 Å². The van der Waals surface area contributed by atoms with E-state index in [2.05, 4.69) is 20.8 Å². The van der Waals surface area contributed by atoms with Crippen LogP contribution in [0.1, 0.15) is 111 Å². The maximum absolute atomic E-state index is 2.33. The van der Waals surface area contributed by atoms with Gasteiger partial charge in [0, 0.05) is 0 Å². The van der Waals surface area contributed by atoms with Gasteiger partial charge in [0.05, 0.1) is 0 Å². The van der Waals surface area contributed by atoms with Gasteiger partial charge in [-0.2, -0.15) is 0 Å². The summed E-state index contributed by atoms with van der Waals surface area (Å²) in [5.74, 6) is 1.82. The van der Waals surface area contributed by atoms with Crippen LogP contribution in [0.25, 0.3) is 0 Å². The molecule has 0 spiro atoms. The third-order valence-corrected chi connectivity index (χ3v) is 4.02. The Kier molecular flexibility index (Phi) is 15.1. The van der Waals surface area contributed by atoms with Crippen molar-refractivity contribution in [3.05, 3.63) is 5.92 Å². The van der Waals surface area contributed by atoms with Gasteiger partial charge in [-0.15, -0.1) is 0 Å². The molecule has 0 amide bonds. The second-order valence-corrected chi connectivity index (χ2v) is 5.79. The second-order valence-electron chi connectivity index (χ2n) is 5.79. The molecular weight excluding hydrogens is 216 g/mol. The molecule has 0 aromatic rings. The first-order chi connectivity index (χ1) is 8.85. The molecule has 0 nitrogen and oxygen atoms in total. The van der Waals surface area contributed by atoms with Gasteiger partial charge >= 0.3 is 0 Å². The predicted octanol–water partition coefficient (Wildman–Crippen LogP) is 7.08. The van der Waals surface area contributed by atoms with E-state index in [1.54, 1.807) is 0 Å². The summed E-state index contributed by atoms with van der Waals surface area (Å²) in [5.41, 5.74) is 0. The van der Waals surface area contributed by atoms with Crippen LogP contribution in [0.4, 0.5) is 0 Å². The minimum atomic E-state index is 1.32. The Bertz CT molecular complexity index is 139. The molecule has 0 bridgehead atoms. The topological polar surface area (TPSA) is 0 Å². The standard InChI is InChI=1S/C18H37/c1-4-7-9-10-11-12-13-14-15-17-18(6-3)16-8-5-2/h4-17H2,1-3H3. The van der Waals surface area contributed by atoms with Crippen LogP contribution in [-0.4, -0.2) is 0 Å². The maximum Gasteiger partial charge on any atom is -0.0244 e. The highest BCUT2D eigenvalue weighted by Crippen LogP contribution is 2.22. The molecule has 0 rings (SSSR count). The molecule has 0 saturated heterocycles. The minimum Gasteiger partial charge on any atom is -0.0654 e. The molecule has 0 saturated carbocycles. The lowest BCUT2D eigenvalue weighted by atomic mass is 9.93. The lowest BCUT2D eigenvalue weighted by Gasteiger charge is -2.13. The van der Waals surface area contributed by atoms with Crippen molar-refractivity contribution in [3.8, 4) is 0 Å². The molecule has 0 N–H and O–H groups in total. The van der Waals surface area contributed by atoms with Gasteiger partial charge in [0.1, 0.15) is 0 Å². The Morgan fingerprint density at radius 3 is 1.44 bits per heavy atom. The SMILES string of the molecule is CCCCCCCCCCC[C](CC)CCCC. The normalized spacial score (nSPS) is 11.3. The number of rotatable bonds is 14. The van der Waals surface area contributed by atoms with Crippen LogP contribution in [0.15, 0.2) is 0 Å². The second kappa shape index (κ2) is 15.1. The largest absolute Gasteiger partial charge is 0.0654 e. The van der Waals surface area contributed by atoms with Crippen molar-refractivity contribution in [3.63, 3.8) is 0 Å². The first-order valence-corrected chi connectivity index (χ1v) is 8.68. The lowest BCUT2D eigenvalue weighted by Crippen LogP contribution is -1.96. The van der Waals surface area contributed by atoms with Crippen LogP contribution >= 0.6 is 0 Å². The molecule has 0 aliphatic rings. The van der Waals surface area contributed by atoms with E-state index < -0.39 is 0 Å². The molecule has 0 aliphatic carbocycles. The Labute approximate surface area is 117 Å². The van der Waals surface area contributed by atoms with Gasteiger partial charge in [-0.1, -0.05) is 91.4 Å². The van der Waals surface area contributed by atoms with Crippen molar-refractivity contribution in [1.82, 2.24) is 0 Å². The van der Waals surface area contributed by atoms with Crippen LogP contribution in [0.2, 0.25) is 0 Å². The molecule has 0 aliphatic heterocycles. The zero-order chi connectivity index (χ0) is 13.5. The zero-order valence-corrected chi connectivity index (χ0v) is 13.4. The van der Waals surface area contributed by atoms with Crippen LogP contribution in [0.3, 0.4) is 0 Å². The van der Waals surface area contributed by atoms with Gasteiger partial charge < -0.3 is 0 Å². The van der Waals surface area contributed by atoms with Crippen molar-refractivity contribution in [2.45, 2.75) is 111 Å².